The Balaban J connectivity index is 2.35. The molecule has 0 aromatic heterocycles. The Labute approximate surface area is 141 Å². The molecular weight excluding hydrogens is 310 g/mol. The molecule has 0 radical (unpaired) electrons. The zero-order chi connectivity index (χ0) is 16.8. The lowest BCUT2D eigenvalue weighted by Crippen LogP contribution is -2.17. The molecule has 4 heteroatoms. The molecule has 2 aromatic carbocycles. The van der Waals surface area contributed by atoms with Crippen LogP contribution >= 0.6 is 11.6 Å². The van der Waals surface area contributed by atoms with Crippen LogP contribution < -0.4 is 0 Å². The van der Waals surface area contributed by atoms with Crippen molar-refractivity contribution < 1.29 is 10.2 Å². The molecule has 0 atom stereocenters. The fourth-order valence-electron chi connectivity index (χ4n) is 2.29. The van der Waals surface area contributed by atoms with E-state index in [-0.39, 0.29) is 12.4 Å². The van der Waals surface area contributed by atoms with Crippen LogP contribution in [0, 0.1) is 0 Å². The van der Waals surface area contributed by atoms with Gasteiger partial charge in [-0.1, -0.05) is 48.5 Å². The Hall–Kier alpha value is -2.23. The van der Waals surface area contributed by atoms with E-state index in [1.54, 1.807) is 18.2 Å². The first-order chi connectivity index (χ1) is 11.0. The second-order valence-electron chi connectivity index (χ2n) is 5.34. The fraction of sp³-hybridized carbons (Fsp3) is 0.158. The summed E-state index contributed by atoms with van der Waals surface area (Å²) in [5, 5.41) is 19.7. The van der Waals surface area contributed by atoms with Crippen molar-refractivity contribution >= 4 is 17.3 Å². The van der Waals surface area contributed by atoms with Crippen LogP contribution in [0.2, 0.25) is 5.02 Å². The lowest BCUT2D eigenvalue weighted by Gasteiger charge is -2.24. The van der Waals surface area contributed by atoms with Gasteiger partial charge in [0.1, 0.15) is 5.75 Å². The lowest BCUT2D eigenvalue weighted by atomic mass is 10.1. The molecule has 0 aliphatic carbocycles. The standard InChI is InChI=1S/C19H20ClNO2/c1-14(13-22)10-19(15-7-5-8-17(23)11-15)21(2)12-16-6-3-4-9-18(16)20/h3-11,22-23H,1,12-13H2,2H3/b19-10-. The number of rotatable bonds is 6. The number of benzene rings is 2. The Morgan fingerprint density at radius 1 is 1.22 bits per heavy atom. The molecule has 120 valence electrons. The highest BCUT2D eigenvalue weighted by Crippen LogP contribution is 2.26. The SMILES string of the molecule is C=C(/C=C(/c1cccc(O)c1)N(C)Cc1ccccc1Cl)CO. The first-order valence-electron chi connectivity index (χ1n) is 7.25. The molecule has 0 spiro atoms. The molecule has 0 aliphatic heterocycles. The molecule has 0 fully saturated rings. The van der Waals surface area contributed by atoms with Crippen LogP contribution in [0.4, 0.5) is 0 Å². The minimum atomic E-state index is -0.123. The summed E-state index contributed by atoms with van der Waals surface area (Å²) in [6.07, 6.45) is 1.81. The van der Waals surface area contributed by atoms with Crippen LogP contribution in [0.25, 0.3) is 5.70 Å². The molecule has 0 saturated carbocycles. The van der Waals surface area contributed by atoms with Crippen molar-refractivity contribution in [2.75, 3.05) is 13.7 Å². The maximum atomic E-state index is 9.73. The lowest BCUT2D eigenvalue weighted by molar-refractivity contribution is 0.335. The van der Waals surface area contributed by atoms with Crippen LogP contribution in [0.1, 0.15) is 11.1 Å². The number of aliphatic hydroxyl groups excluding tert-OH is 1. The van der Waals surface area contributed by atoms with Crippen molar-refractivity contribution in [3.05, 3.63) is 82.9 Å². The predicted octanol–water partition coefficient (Wildman–Crippen LogP) is 4.07. The molecule has 2 rings (SSSR count). The molecule has 3 nitrogen and oxygen atoms in total. The Morgan fingerprint density at radius 2 is 1.96 bits per heavy atom. The van der Waals surface area contributed by atoms with Crippen LogP contribution in [-0.2, 0) is 6.54 Å². The van der Waals surface area contributed by atoms with Crippen molar-refractivity contribution in [1.82, 2.24) is 4.90 Å². The number of hydrogen-bond donors (Lipinski definition) is 2. The summed E-state index contributed by atoms with van der Waals surface area (Å²) in [6.45, 7) is 4.30. The van der Waals surface area contributed by atoms with E-state index in [1.807, 2.05) is 48.4 Å². The molecule has 0 amide bonds. The van der Waals surface area contributed by atoms with Crippen LogP contribution in [0.3, 0.4) is 0 Å². The van der Waals surface area contributed by atoms with Gasteiger partial charge in [0.05, 0.1) is 6.61 Å². The molecule has 23 heavy (non-hydrogen) atoms. The maximum Gasteiger partial charge on any atom is 0.116 e. The van der Waals surface area contributed by atoms with Crippen molar-refractivity contribution in [1.29, 1.82) is 0 Å². The van der Waals surface area contributed by atoms with Gasteiger partial charge in [0.15, 0.2) is 0 Å². The summed E-state index contributed by atoms with van der Waals surface area (Å²) >= 11 is 6.23. The summed E-state index contributed by atoms with van der Waals surface area (Å²) in [5.41, 5.74) is 3.28. The van der Waals surface area contributed by atoms with Crippen LogP contribution in [0.5, 0.6) is 5.75 Å². The van der Waals surface area contributed by atoms with Gasteiger partial charge in [0.2, 0.25) is 0 Å². The average Bonchev–Trinajstić information content (AvgIpc) is 2.54. The third-order valence-electron chi connectivity index (χ3n) is 3.46. The fourth-order valence-corrected chi connectivity index (χ4v) is 2.48. The highest BCUT2D eigenvalue weighted by molar-refractivity contribution is 6.31. The molecule has 2 aromatic rings. The monoisotopic (exact) mass is 329 g/mol. The van der Waals surface area contributed by atoms with E-state index in [4.69, 9.17) is 11.6 Å². The number of aliphatic hydroxyl groups is 1. The van der Waals surface area contributed by atoms with Gasteiger partial charge in [-0.25, -0.2) is 0 Å². The predicted molar refractivity (Wildman–Crippen MR) is 95.2 cm³/mol. The molecule has 0 unspecified atom stereocenters. The van der Waals surface area contributed by atoms with Gasteiger partial charge >= 0.3 is 0 Å². The van der Waals surface area contributed by atoms with Gasteiger partial charge in [-0.3, -0.25) is 0 Å². The van der Waals surface area contributed by atoms with E-state index in [0.717, 1.165) is 16.8 Å². The van der Waals surface area contributed by atoms with Gasteiger partial charge in [-0.05, 0) is 35.4 Å². The van der Waals surface area contributed by atoms with Gasteiger partial charge in [-0.2, -0.15) is 0 Å². The number of aromatic hydroxyl groups is 1. The largest absolute Gasteiger partial charge is 0.508 e. The van der Waals surface area contributed by atoms with E-state index in [1.165, 1.54) is 0 Å². The highest BCUT2D eigenvalue weighted by Gasteiger charge is 2.11. The third kappa shape index (κ3) is 4.62. The minimum absolute atomic E-state index is 0.123. The average molecular weight is 330 g/mol. The first-order valence-corrected chi connectivity index (χ1v) is 7.63. The number of phenols is 1. The summed E-state index contributed by atoms with van der Waals surface area (Å²) in [4.78, 5) is 2.01. The second-order valence-corrected chi connectivity index (χ2v) is 5.75. The van der Waals surface area contributed by atoms with E-state index in [2.05, 4.69) is 6.58 Å². The van der Waals surface area contributed by atoms with Crippen molar-refractivity contribution in [2.45, 2.75) is 6.54 Å². The van der Waals surface area contributed by atoms with E-state index >= 15 is 0 Å². The molecule has 0 heterocycles. The zero-order valence-corrected chi connectivity index (χ0v) is 13.8. The summed E-state index contributed by atoms with van der Waals surface area (Å²) < 4.78 is 0. The van der Waals surface area contributed by atoms with Gasteiger partial charge in [-0.15, -0.1) is 0 Å². The quantitative estimate of drug-likeness (QED) is 0.785. The van der Waals surface area contributed by atoms with Crippen LogP contribution in [-0.4, -0.2) is 28.8 Å². The molecular formula is C19H20ClNO2. The van der Waals surface area contributed by atoms with Crippen LogP contribution in [0.15, 0.2) is 66.8 Å². The number of hydrogen-bond acceptors (Lipinski definition) is 3. The Kier molecular flexibility index (Phi) is 5.85. The van der Waals surface area contributed by atoms with Crippen molar-refractivity contribution in [2.24, 2.45) is 0 Å². The Bertz CT molecular complexity index is 725. The van der Waals surface area contributed by atoms with E-state index in [0.29, 0.717) is 17.1 Å². The maximum absolute atomic E-state index is 9.73. The topological polar surface area (TPSA) is 43.7 Å². The molecule has 0 bridgehead atoms. The summed E-state index contributed by atoms with van der Waals surface area (Å²) in [6, 6.07) is 14.7. The number of nitrogens with zero attached hydrogens (tertiary/aromatic N) is 1. The van der Waals surface area contributed by atoms with Gasteiger partial charge in [0, 0.05) is 29.9 Å². The van der Waals surface area contributed by atoms with Gasteiger partial charge in [0.25, 0.3) is 0 Å². The Morgan fingerprint density at radius 3 is 2.61 bits per heavy atom. The van der Waals surface area contributed by atoms with E-state index < -0.39 is 0 Å². The summed E-state index contributed by atoms with van der Waals surface area (Å²) in [5.74, 6) is 0.189. The normalized spacial score (nSPS) is 11.3. The number of halogens is 1. The minimum Gasteiger partial charge on any atom is -0.508 e. The van der Waals surface area contributed by atoms with Crippen molar-refractivity contribution in [3.8, 4) is 5.75 Å². The van der Waals surface area contributed by atoms with E-state index in [9.17, 15) is 10.2 Å². The zero-order valence-electron chi connectivity index (χ0n) is 13.0. The number of phenolic OH excluding ortho intramolecular Hbond substituents is 1. The molecule has 2 N–H and O–H groups in total. The second kappa shape index (κ2) is 7.86. The molecule has 0 aliphatic rings. The smallest absolute Gasteiger partial charge is 0.116 e. The molecule has 0 saturated heterocycles. The summed E-state index contributed by atoms with van der Waals surface area (Å²) in [7, 11) is 1.93. The van der Waals surface area contributed by atoms with Gasteiger partial charge < -0.3 is 15.1 Å². The third-order valence-corrected chi connectivity index (χ3v) is 3.83. The highest BCUT2D eigenvalue weighted by atomic mass is 35.5. The van der Waals surface area contributed by atoms with Crippen molar-refractivity contribution in [3.63, 3.8) is 0 Å². The first kappa shape index (κ1) is 17.1.